The number of nitrogens with one attached hydrogen (secondary N) is 1. The third kappa shape index (κ3) is 2.92. The predicted octanol–water partition coefficient (Wildman–Crippen LogP) is 3.20. The van der Waals surface area contributed by atoms with E-state index < -0.39 is 5.60 Å². The Kier molecular flexibility index (Phi) is 3.82. The van der Waals surface area contributed by atoms with Crippen molar-refractivity contribution in [2.75, 3.05) is 0 Å². The molecule has 0 bridgehead atoms. The van der Waals surface area contributed by atoms with Crippen molar-refractivity contribution < 1.29 is 19.1 Å². The van der Waals surface area contributed by atoms with Crippen LogP contribution in [0.4, 0.5) is 0 Å². The average Bonchev–Trinajstić information content (AvgIpc) is 3.14. The number of benzene rings is 1. The van der Waals surface area contributed by atoms with Crippen molar-refractivity contribution in [3.63, 3.8) is 0 Å². The summed E-state index contributed by atoms with van der Waals surface area (Å²) in [6, 6.07) is 7.79. The molecule has 1 amide bonds. The molecule has 0 unspecified atom stereocenters. The minimum Gasteiger partial charge on any atom is -0.490 e. The molecular weight excluding hydrogens is 318 g/mol. The maximum absolute atomic E-state index is 12.4. The Morgan fingerprint density at radius 1 is 1.20 bits per heavy atom. The summed E-state index contributed by atoms with van der Waals surface area (Å²) in [5, 5.41) is 2.84. The summed E-state index contributed by atoms with van der Waals surface area (Å²) in [5.74, 6) is 0.0951. The van der Waals surface area contributed by atoms with Crippen molar-refractivity contribution in [2.45, 2.75) is 63.6 Å². The third-order valence-corrected chi connectivity index (χ3v) is 5.31. The van der Waals surface area contributed by atoms with E-state index >= 15 is 0 Å². The van der Waals surface area contributed by atoms with Gasteiger partial charge in [0.2, 0.25) is 5.91 Å². The number of hydrogen-bond donors (Lipinski definition) is 1. The van der Waals surface area contributed by atoms with Gasteiger partial charge in [0.1, 0.15) is 11.4 Å². The van der Waals surface area contributed by atoms with Gasteiger partial charge >= 0.3 is 5.97 Å². The molecule has 0 radical (unpaired) electrons. The van der Waals surface area contributed by atoms with E-state index in [4.69, 9.17) is 9.47 Å². The lowest BCUT2D eigenvalue weighted by molar-refractivity contribution is -0.144. The molecule has 5 nitrogen and oxygen atoms in total. The Balaban J connectivity index is 1.67. The van der Waals surface area contributed by atoms with Crippen molar-refractivity contribution in [1.29, 1.82) is 0 Å². The molecule has 2 aliphatic heterocycles. The second kappa shape index (κ2) is 5.90. The fourth-order valence-corrected chi connectivity index (χ4v) is 4.06. The SMILES string of the molecule is CC1(C)OC(=O)C2=C1NC(=O)C[C@@H]2c1cccc(OC2CCCC2)c1. The highest BCUT2D eigenvalue weighted by Gasteiger charge is 2.47. The lowest BCUT2D eigenvalue weighted by Crippen LogP contribution is -2.38. The van der Waals surface area contributed by atoms with Crippen LogP contribution in [0.2, 0.25) is 0 Å². The van der Waals surface area contributed by atoms with Gasteiger partial charge < -0.3 is 14.8 Å². The molecule has 5 heteroatoms. The molecule has 2 heterocycles. The molecule has 0 spiro atoms. The van der Waals surface area contributed by atoms with Gasteiger partial charge in [-0.15, -0.1) is 0 Å². The van der Waals surface area contributed by atoms with Gasteiger partial charge in [-0.25, -0.2) is 4.79 Å². The second-order valence-electron chi connectivity index (χ2n) is 7.59. The number of ether oxygens (including phenoxy) is 2. The lowest BCUT2D eigenvalue weighted by atomic mass is 9.83. The van der Waals surface area contributed by atoms with Crippen LogP contribution in [0.15, 0.2) is 35.5 Å². The normalized spacial score (nSPS) is 25.6. The number of esters is 1. The van der Waals surface area contributed by atoms with E-state index in [1.807, 2.05) is 24.3 Å². The minimum absolute atomic E-state index is 0.0859. The summed E-state index contributed by atoms with van der Waals surface area (Å²) in [4.78, 5) is 24.6. The van der Waals surface area contributed by atoms with Gasteiger partial charge in [0.15, 0.2) is 0 Å². The first-order valence-corrected chi connectivity index (χ1v) is 8.98. The van der Waals surface area contributed by atoms with Gasteiger partial charge in [-0.2, -0.15) is 0 Å². The largest absolute Gasteiger partial charge is 0.490 e. The first-order chi connectivity index (χ1) is 11.9. The zero-order chi connectivity index (χ0) is 17.6. The Morgan fingerprint density at radius 3 is 2.72 bits per heavy atom. The maximum Gasteiger partial charge on any atom is 0.337 e. The molecule has 3 aliphatic rings. The fraction of sp³-hybridized carbons (Fsp3) is 0.500. The molecule has 1 atom stereocenters. The van der Waals surface area contributed by atoms with Gasteiger partial charge in [-0.3, -0.25) is 4.79 Å². The smallest absolute Gasteiger partial charge is 0.337 e. The molecule has 0 aromatic heterocycles. The number of carbonyl (C=O) groups excluding carboxylic acids is 2. The van der Waals surface area contributed by atoms with Gasteiger partial charge in [0.05, 0.1) is 17.4 Å². The molecule has 1 N–H and O–H groups in total. The quantitative estimate of drug-likeness (QED) is 0.858. The van der Waals surface area contributed by atoms with Crippen molar-refractivity contribution in [1.82, 2.24) is 5.32 Å². The molecule has 4 rings (SSSR count). The topological polar surface area (TPSA) is 64.6 Å². The maximum atomic E-state index is 12.4. The second-order valence-corrected chi connectivity index (χ2v) is 7.59. The average molecular weight is 341 g/mol. The Hall–Kier alpha value is -2.30. The van der Waals surface area contributed by atoms with Crippen LogP contribution in [0.25, 0.3) is 0 Å². The minimum atomic E-state index is -0.793. The summed E-state index contributed by atoms with van der Waals surface area (Å²) in [6.45, 7) is 3.60. The van der Waals surface area contributed by atoms with Crippen molar-refractivity contribution in [3.05, 3.63) is 41.1 Å². The number of carbonyl (C=O) groups is 2. The highest BCUT2D eigenvalue weighted by molar-refractivity contribution is 5.99. The molecule has 0 saturated heterocycles. The van der Waals surface area contributed by atoms with Crippen LogP contribution in [0.1, 0.15) is 57.4 Å². The summed E-state index contributed by atoms with van der Waals surface area (Å²) in [5.41, 5.74) is 1.30. The molecule has 1 fully saturated rings. The van der Waals surface area contributed by atoms with Crippen LogP contribution in [0.5, 0.6) is 5.75 Å². The number of hydrogen-bond acceptors (Lipinski definition) is 4. The van der Waals surface area contributed by atoms with Crippen molar-refractivity contribution in [3.8, 4) is 5.75 Å². The number of amides is 1. The van der Waals surface area contributed by atoms with E-state index in [0.29, 0.717) is 11.3 Å². The lowest BCUT2D eigenvalue weighted by Gasteiger charge is -2.27. The molecule has 1 saturated carbocycles. The fourth-order valence-electron chi connectivity index (χ4n) is 4.06. The van der Waals surface area contributed by atoms with Crippen molar-refractivity contribution >= 4 is 11.9 Å². The molecule has 1 aromatic rings. The standard InChI is InChI=1S/C20H23NO4/c1-20(2)18-17(19(23)25-20)15(11-16(22)21-18)12-6-5-9-14(10-12)24-13-7-3-4-8-13/h5-6,9-10,13,15H,3-4,7-8,11H2,1-2H3,(H,21,22)/t15-/m1/s1. The molecule has 25 heavy (non-hydrogen) atoms. The first kappa shape index (κ1) is 16.2. The monoisotopic (exact) mass is 341 g/mol. The highest BCUT2D eigenvalue weighted by Crippen LogP contribution is 2.43. The van der Waals surface area contributed by atoms with E-state index in [-0.39, 0.29) is 30.3 Å². The number of rotatable bonds is 3. The van der Waals surface area contributed by atoms with E-state index in [9.17, 15) is 9.59 Å². The van der Waals surface area contributed by atoms with E-state index in [0.717, 1.165) is 24.2 Å². The summed E-state index contributed by atoms with van der Waals surface area (Å²) < 4.78 is 11.6. The molecule has 1 aliphatic carbocycles. The first-order valence-electron chi connectivity index (χ1n) is 8.98. The summed E-state index contributed by atoms with van der Waals surface area (Å²) in [6.07, 6.45) is 5.12. The van der Waals surface area contributed by atoms with E-state index in [1.54, 1.807) is 13.8 Å². The van der Waals surface area contributed by atoms with E-state index in [1.165, 1.54) is 12.8 Å². The van der Waals surface area contributed by atoms with Gasteiger partial charge in [0, 0.05) is 12.3 Å². The van der Waals surface area contributed by atoms with Crippen LogP contribution < -0.4 is 10.1 Å². The molecular formula is C20H23NO4. The predicted molar refractivity (Wildman–Crippen MR) is 92.0 cm³/mol. The van der Waals surface area contributed by atoms with Gasteiger partial charge in [0.25, 0.3) is 0 Å². The highest BCUT2D eigenvalue weighted by atomic mass is 16.6. The Labute approximate surface area is 147 Å². The zero-order valence-corrected chi connectivity index (χ0v) is 14.6. The Bertz CT molecular complexity index is 759. The van der Waals surface area contributed by atoms with Crippen LogP contribution in [-0.4, -0.2) is 23.6 Å². The molecule has 132 valence electrons. The van der Waals surface area contributed by atoms with Gasteiger partial charge in [-0.05, 0) is 57.2 Å². The zero-order valence-electron chi connectivity index (χ0n) is 14.6. The number of cyclic esters (lactones) is 1. The Morgan fingerprint density at radius 2 is 1.96 bits per heavy atom. The van der Waals surface area contributed by atoms with Crippen LogP contribution >= 0.6 is 0 Å². The summed E-state index contributed by atoms with van der Waals surface area (Å²) in [7, 11) is 0. The van der Waals surface area contributed by atoms with Crippen LogP contribution in [-0.2, 0) is 14.3 Å². The van der Waals surface area contributed by atoms with Crippen LogP contribution in [0.3, 0.4) is 0 Å². The van der Waals surface area contributed by atoms with E-state index in [2.05, 4.69) is 5.32 Å². The summed E-state index contributed by atoms with van der Waals surface area (Å²) >= 11 is 0. The van der Waals surface area contributed by atoms with Gasteiger partial charge in [-0.1, -0.05) is 12.1 Å². The third-order valence-electron chi connectivity index (χ3n) is 5.31. The van der Waals surface area contributed by atoms with Crippen molar-refractivity contribution in [2.24, 2.45) is 0 Å². The molecule has 1 aromatic carbocycles. The van der Waals surface area contributed by atoms with Crippen LogP contribution in [0, 0.1) is 0 Å².